The molecule has 2 aromatic rings. The number of carbonyl (C=O) groups excluding carboxylic acids is 5. The van der Waals surface area contributed by atoms with Gasteiger partial charge in [0.25, 0.3) is 0 Å². The Hall–Kier alpha value is -3.51. The number of cyclic esters (lactones) is 1. The molecular weight excluding hydrogens is 813 g/mol. The second-order valence-electron chi connectivity index (χ2n) is 14.4. The second-order valence-corrected chi connectivity index (χ2v) is 15.8. The van der Waals surface area contributed by atoms with Gasteiger partial charge < -0.3 is 33.3 Å². The molecule has 0 saturated carbocycles. The number of nitrogens with zero attached hydrogens (tertiary/aromatic N) is 3. The molecule has 54 heavy (non-hydrogen) atoms. The van der Waals surface area contributed by atoms with Crippen LogP contribution in [0.4, 0.5) is 4.79 Å². The first-order chi connectivity index (χ1) is 25.5. The standard InChI is InChI=1S/C39H52IN3O11/c1-10-28-29(52-38(48)43-17-16-41-21-43)18-22(2)31(44)23(3)20-39(6,49-9)34(30(40)32(45)25(5)35(46)51-28)54-37-33(27(42(7)8)19-24(4)50-37)53-36(47)26-14-12-11-13-15-26/h11-18,21,23-25,27-30,33-34,37H,10,19-20H2,1-9H3/b22-18+/t23-,24?,25?,27?,28?,29?,30?,33-,34-,37?,39+/m1/s1. The van der Waals surface area contributed by atoms with Crippen molar-refractivity contribution in [2.45, 2.75) is 113 Å². The molecule has 1 saturated heterocycles. The van der Waals surface area contributed by atoms with Crippen molar-refractivity contribution in [1.82, 2.24) is 14.5 Å². The van der Waals surface area contributed by atoms with Crippen molar-refractivity contribution < 1.29 is 52.4 Å². The zero-order valence-electron chi connectivity index (χ0n) is 32.3. The number of rotatable bonds is 8. The normalized spacial score (nSPS) is 34.0. The summed E-state index contributed by atoms with van der Waals surface area (Å²) in [6.45, 7) is 10.1. The van der Waals surface area contributed by atoms with Gasteiger partial charge in [-0.25, -0.2) is 19.1 Å². The van der Waals surface area contributed by atoms with Gasteiger partial charge in [0.05, 0.1) is 27.2 Å². The summed E-state index contributed by atoms with van der Waals surface area (Å²) in [6.07, 6.45) is -0.143. The molecule has 0 radical (unpaired) electrons. The quantitative estimate of drug-likeness (QED) is 0.112. The lowest BCUT2D eigenvalue weighted by Crippen LogP contribution is -2.60. The van der Waals surface area contributed by atoms with Crippen LogP contribution in [0.1, 0.15) is 71.2 Å². The molecule has 0 amide bonds. The Morgan fingerprint density at radius 1 is 1.09 bits per heavy atom. The molecule has 15 heteroatoms. The van der Waals surface area contributed by atoms with Crippen LogP contribution in [-0.4, -0.2) is 118 Å². The van der Waals surface area contributed by atoms with E-state index in [9.17, 15) is 24.0 Å². The van der Waals surface area contributed by atoms with E-state index in [4.69, 9.17) is 28.4 Å². The zero-order chi connectivity index (χ0) is 39.9. The van der Waals surface area contributed by atoms with Crippen molar-refractivity contribution in [3.63, 3.8) is 0 Å². The van der Waals surface area contributed by atoms with Crippen LogP contribution < -0.4 is 0 Å². The van der Waals surface area contributed by atoms with Crippen LogP contribution in [0, 0.1) is 11.8 Å². The van der Waals surface area contributed by atoms with Crippen LogP contribution in [0.2, 0.25) is 0 Å². The van der Waals surface area contributed by atoms with Crippen molar-refractivity contribution >= 4 is 52.2 Å². The van der Waals surface area contributed by atoms with E-state index in [0.29, 0.717) is 12.0 Å². The van der Waals surface area contributed by atoms with Crippen LogP contribution in [0.15, 0.2) is 60.7 Å². The smallest absolute Gasteiger partial charge is 0.419 e. The predicted molar refractivity (Wildman–Crippen MR) is 205 cm³/mol. The van der Waals surface area contributed by atoms with Crippen molar-refractivity contribution in [2.24, 2.45) is 11.8 Å². The zero-order valence-corrected chi connectivity index (χ0v) is 34.5. The van der Waals surface area contributed by atoms with E-state index in [1.807, 2.05) is 48.5 Å². The third-order valence-corrected chi connectivity index (χ3v) is 11.4. The minimum atomic E-state index is -1.32. The number of allylic oxidation sites excluding steroid dienone is 1. The van der Waals surface area contributed by atoms with E-state index in [0.717, 1.165) is 4.57 Å². The number of benzene rings is 1. The number of methoxy groups -OCH3 is 1. The topological polar surface area (TPSA) is 162 Å². The molecule has 7 unspecified atom stereocenters. The Kier molecular flexibility index (Phi) is 15.1. The molecule has 0 aliphatic carbocycles. The molecule has 2 aliphatic rings. The maximum Gasteiger partial charge on any atom is 0.419 e. The molecule has 4 rings (SSSR count). The summed E-state index contributed by atoms with van der Waals surface area (Å²) in [7, 11) is 5.21. The molecule has 1 aromatic carbocycles. The molecule has 1 aromatic heterocycles. The predicted octanol–water partition coefficient (Wildman–Crippen LogP) is 5.20. The highest BCUT2D eigenvalue weighted by Crippen LogP contribution is 2.38. The van der Waals surface area contributed by atoms with Crippen molar-refractivity contribution in [3.8, 4) is 0 Å². The van der Waals surface area contributed by atoms with Crippen LogP contribution in [0.5, 0.6) is 0 Å². The van der Waals surface area contributed by atoms with Gasteiger partial charge in [-0.2, -0.15) is 0 Å². The van der Waals surface area contributed by atoms with Gasteiger partial charge in [-0.15, -0.1) is 0 Å². The molecular formula is C39H52IN3O11. The largest absolute Gasteiger partial charge is 0.458 e. The molecule has 1 fully saturated rings. The highest BCUT2D eigenvalue weighted by atomic mass is 127. The number of alkyl halides is 1. The van der Waals surface area contributed by atoms with Crippen LogP contribution in [0.25, 0.3) is 0 Å². The number of likely N-dealkylation sites (N-methyl/N-ethyl adjacent to an activating group) is 1. The van der Waals surface area contributed by atoms with Crippen molar-refractivity contribution in [1.29, 1.82) is 0 Å². The lowest BCUT2D eigenvalue weighted by Gasteiger charge is -2.47. The van der Waals surface area contributed by atoms with E-state index < -0.39 is 75.9 Å². The maximum absolute atomic E-state index is 14.3. The number of imidazole rings is 1. The number of hydrogen-bond acceptors (Lipinski definition) is 13. The van der Waals surface area contributed by atoms with Crippen molar-refractivity contribution in [2.75, 3.05) is 21.2 Å². The lowest BCUT2D eigenvalue weighted by molar-refractivity contribution is -0.287. The molecule has 0 spiro atoms. The van der Waals surface area contributed by atoms with Gasteiger partial charge in [-0.1, -0.05) is 54.6 Å². The number of ether oxygens (including phenoxy) is 6. The van der Waals surface area contributed by atoms with Gasteiger partial charge >= 0.3 is 18.0 Å². The van der Waals surface area contributed by atoms with E-state index >= 15 is 0 Å². The number of esters is 2. The van der Waals surface area contributed by atoms with E-state index in [2.05, 4.69) is 4.98 Å². The van der Waals surface area contributed by atoms with Gasteiger partial charge in [0, 0.05) is 25.4 Å². The highest BCUT2D eigenvalue weighted by Gasteiger charge is 2.51. The van der Waals surface area contributed by atoms with E-state index in [1.54, 1.807) is 58.0 Å². The van der Waals surface area contributed by atoms with Crippen LogP contribution >= 0.6 is 22.6 Å². The average Bonchev–Trinajstić information content (AvgIpc) is 3.70. The maximum atomic E-state index is 14.3. The monoisotopic (exact) mass is 865 g/mol. The fourth-order valence-electron chi connectivity index (χ4n) is 6.83. The summed E-state index contributed by atoms with van der Waals surface area (Å²) in [5, 5.41) is 0. The summed E-state index contributed by atoms with van der Waals surface area (Å²) >= 11 is 1.94. The summed E-state index contributed by atoms with van der Waals surface area (Å²) in [5.41, 5.74) is -0.703. The first-order valence-corrected chi connectivity index (χ1v) is 19.3. The van der Waals surface area contributed by atoms with Gasteiger partial charge in [0.1, 0.15) is 24.5 Å². The number of ketones is 2. The minimum absolute atomic E-state index is 0.0777. The molecule has 296 valence electrons. The van der Waals surface area contributed by atoms with Gasteiger partial charge in [0.2, 0.25) is 0 Å². The SMILES string of the molecule is CCC1OC(=O)C(C)C(=O)C(I)[C@@H](OC2OC(C)CC(N(C)C)[C@H]2OC(=O)c2ccccc2)[C@@](C)(OC)C[C@@H](C)C(=O)/C(C)=C/C1OC(=O)n1ccnc1. The van der Waals surface area contributed by atoms with Gasteiger partial charge in [-0.3, -0.25) is 14.4 Å². The molecule has 3 heterocycles. The lowest BCUT2D eigenvalue weighted by atomic mass is 9.81. The van der Waals surface area contributed by atoms with Crippen molar-refractivity contribution in [3.05, 3.63) is 66.3 Å². The molecule has 11 atom stereocenters. The molecule has 14 nitrogen and oxygen atoms in total. The Labute approximate surface area is 330 Å². The highest BCUT2D eigenvalue weighted by molar-refractivity contribution is 14.1. The fourth-order valence-corrected chi connectivity index (χ4v) is 8.30. The number of halogens is 1. The summed E-state index contributed by atoms with van der Waals surface area (Å²) in [6, 6.07) is 8.25. The third-order valence-electron chi connectivity index (χ3n) is 10.1. The number of carbonyl (C=O) groups is 5. The number of hydrogen-bond donors (Lipinski definition) is 0. The summed E-state index contributed by atoms with van der Waals surface area (Å²) in [5.74, 6) is -4.19. The number of aromatic nitrogens is 2. The number of Topliss-reactive ketones (excluding diaryl/α,β-unsaturated/α-hetero) is 2. The second kappa shape index (κ2) is 18.9. The molecule has 0 N–H and O–H groups in total. The average molecular weight is 866 g/mol. The Balaban J connectivity index is 1.76. The van der Waals surface area contributed by atoms with E-state index in [-0.39, 0.29) is 36.3 Å². The first-order valence-electron chi connectivity index (χ1n) is 18.1. The van der Waals surface area contributed by atoms with Gasteiger partial charge in [0.15, 0.2) is 30.1 Å². The first kappa shape index (κ1) is 43.2. The Morgan fingerprint density at radius 3 is 2.37 bits per heavy atom. The fraction of sp³-hybridized carbons (Fsp3) is 0.590. The van der Waals surface area contributed by atoms with Gasteiger partial charge in [-0.05, 0) is 84.8 Å². The van der Waals surface area contributed by atoms with Crippen LogP contribution in [-0.2, 0) is 42.8 Å². The Morgan fingerprint density at radius 2 is 1.78 bits per heavy atom. The minimum Gasteiger partial charge on any atom is -0.458 e. The third kappa shape index (κ3) is 10.2. The molecule has 0 bridgehead atoms. The summed E-state index contributed by atoms with van der Waals surface area (Å²) in [4.78, 5) is 74.3. The summed E-state index contributed by atoms with van der Waals surface area (Å²) < 4.78 is 37.1. The Bertz CT molecular complexity index is 1650. The van der Waals surface area contributed by atoms with E-state index in [1.165, 1.54) is 38.8 Å². The van der Waals surface area contributed by atoms with Crippen LogP contribution in [0.3, 0.4) is 0 Å². The molecule has 2 aliphatic heterocycles.